The van der Waals surface area contributed by atoms with Crippen molar-refractivity contribution in [2.24, 2.45) is 0 Å². The van der Waals surface area contributed by atoms with Gasteiger partial charge in [-0.1, -0.05) is 30.3 Å². The largest absolute Gasteiger partial charge is 0.497 e. The van der Waals surface area contributed by atoms with Crippen molar-refractivity contribution in [3.05, 3.63) is 94.4 Å². The highest BCUT2D eigenvalue weighted by Crippen LogP contribution is 2.43. The van der Waals surface area contributed by atoms with Crippen molar-refractivity contribution < 1.29 is 19.0 Å². The topological polar surface area (TPSA) is 52.9 Å². The molecule has 0 unspecified atom stereocenters. The molecule has 1 aromatic heterocycles. The maximum atomic E-state index is 13.4. The van der Waals surface area contributed by atoms with Gasteiger partial charge in [0.15, 0.2) is 5.76 Å². The Kier molecular flexibility index (Phi) is 5.53. The molecule has 2 aliphatic rings. The number of rotatable bonds is 5. The number of allylic oxidation sites excluding steroid dienone is 1. The average Bonchev–Trinajstić information content (AvgIpc) is 3.42. The predicted molar refractivity (Wildman–Crippen MR) is 139 cm³/mol. The van der Waals surface area contributed by atoms with Gasteiger partial charge >= 0.3 is 0 Å². The van der Waals surface area contributed by atoms with Crippen LogP contribution in [-0.2, 0) is 19.6 Å². The van der Waals surface area contributed by atoms with Crippen molar-refractivity contribution >= 4 is 22.8 Å². The summed E-state index contributed by atoms with van der Waals surface area (Å²) in [5, 5.41) is 1.10. The monoisotopic (exact) mass is 480 g/mol. The number of fused-ring (bicyclic) bond motifs is 3. The summed E-state index contributed by atoms with van der Waals surface area (Å²) >= 11 is 0. The molecule has 2 aliphatic heterocycles. The summed E-state index contributed by atoms with van der Waals surface area (Å²) in [4.78, 5) is 15.6. The summed E-state index contributed by atoms with van der Waals surface area (Å²) in [6.45, 7) is 6.86. The van der Waals surface area contributed by atoms with Crippen LogP contribution >= 0.6 is 0 Å². The van der Waals surface area contributed by atoms with E-state index in [1.165, 1.54) is 5.56 Å². The lowest BCUT2D eigenvalue weighted by atomic mass is 9.99. The molecule has 0 saturated heterocycles. The third kappa shape index (κ3) is 3.74. The lowest BCUT2D eigenvalue weighted by Gasteiger charge is -2.30. The Labute approximate surface area is 210 Å². The molecule has 0 amide bonds. The van der Waals surface area contributed by atoms with E-state index in [9.17, 15) is 4.79 Å². The Morgan fingerprint density at radius 1 is 1.08 bits per heavy atom. The van der Waals surface area contributed by atoms with Gasteiger partial charge in [-0.15, -0.1) is 0 Å². The summed E-state index contributed by atoms with van der Waals surface area (Å²) in [5.74, 6) is 2.53. The van der Waals surface area contributed by atoms with Gasteiger partial charge in [-0.25, -0.2) is 0 Å². The highest BCUT2D eigenvalue weighted by Gasteiger charge is 2.33. The van der Waals surface area contributed by atoms with E-state index in [-0.39, 0.29) is 5.78 Å². The molecule has 6 rings (SSSR count). The van der Waals surface area contributed by atoms with Crippen molar-refractivity contribution in [3.63, 3.8) is 0 Å². The first-order valence-corrected chi connectivity index (χ1v) is 12.2. The van der Waals surface area contributed by atoms with Gasteiger partial charge in [0.1, 0.15) is 24.0 Å². The third-order valence-electron chi connectivity index (χ3n) is 7.01. The van der Waals surface area contributed by atoms with Gasteiger partial charge in [0.2, 0.25) is 5.78 Å². The van der Waals surface area contributed by atoms with Crippen LogP contribution in [0.2, 0.25) is 0 Å². The van der Waals surface area contributed by atoms with E-state index in [1.54, 1.807) is 7.11 Å². The predicted octanol–water partition coefficient (Wildman–Crippen LogP) is 5.95. The number of hydrogen-bond donors (Lipinski definition) is 0. The number of carbonyl (C=O) groups excluding carboxylic acids is 1. The second-order valence-corrected chi connectivity index (χ2v) is 9.30. The second-order valence-electron chi connectivity index (χ2n) is 9.30. The lowest BCUT2D eigenvalue weighted by molar-refractivity contribution is 0.0876. The van der Waals surface area contributed by atoms with Crippen molar-refractivity contribution in [3.8, 4) is 17.2 Å². The molecule has 0 atom stereocenters. The number of hydrogen-bond acceptors (Lipinski definition) is 5. The van der Waals surface area contributed by atoms with Crippen LogP contribution in [0.25, 0.3) is 17.0 Å². The van der Waals surface area contributed by atoms with Crippen LogP contribution in [0.1, 0.15) is 39.5 Å². The summed E-state index contributed by atoms with van der Waals surface area (Å²) in [7, 11) is 1.67. The minimum atomic E-state index is -0.0866. The van der Waals surface area contributed by atoms with Gasteiger partial charge in [0.25, 0.3) is 0 Å². The van der Waals surface area contributed by atoms with E-state index < -0.39 is 0 Å². The first kappa shape index (κ1) is 22.4. The Morgan fingerprint density at radius 2 is 1.89 bits per heavy atom. The quantitative estimate of drug-likeness (QED) is 0.331. The highest BCUT2D eigenvalue weighted by molar-refractivity contribution is 6.15. The maximum Gasteiger partial charge on any atom is 0.231 e. The zero-order valence-corrected chi connectivity index (χ0v) is 20.7. The molecule has 36 heavy (non-hydrogen) atoms. The molecule has 4 aromatic rings. The van der Waals surface area contributed by atoms with E-state index in [2.05, 4.69) is 46.9 Å². The molecule has 0 N–H and O–H groups in total. The van der Waals surface area contributed by atoms with Gasteiger partial charge in [-0.05, 0) is 49.8 Å². The summed E-state index contributed by atoms with van der Waals surface area (Å²) in [6, 6.07) is 18.2. The molecule has 6 heteroatoms. The Morgan fingerprint density at radius 3 is 2.67 bits per heavy atom. The molecular weight excluding hydrogens is 452 g/mol. The smallest absolute Gasteiger partial charge is 0.231 e. The number of aromatic nitrogens is 1. The van der Waals surface area contributed by atoms with Crippen LogP contribution < -0.4 is 14.2 Å². The van der Waals surface area contributed by atoms with E-state index in [0.29, 0.717) is 30.3 Å². The summed E-state index contributed by atoms with van der Waals surface area (Å²) in [6.07, 6.45) is 3.95. The van der Waals surface area contributed by atoms with E-state index in [0.717, 1.165) is 52.2 Å². The van der Waals surface area contributed by atoms with Crippen molar-refractivity contribution in [2.45, 2.75) is 33.5 Å². The van der Waals surface area contributed by atoms with Crippen LogP contribution in [0.15, 0.2) is 66.6 Å². The number of ketones is 1. The van der Waals surface area contributed by atoms with Gasteiger partial charge < -0.3 is 18.8 Å². The van der Waals surface area contributed by atoms with Crippen molar-refractivity contribution in [1.82, 2.24) is 9.47 Å². The normalized spacial score (nSPS) is 16.1. The third-order valence-corrected chi connectivity index (χ3v) is 7.01. The Bertz CT molecular complexity index is 1510. The molecule has 0 spiro atoms. The zero-order valence-electron chi connectivity index (χ0n) is 20.7. The molecule has 6 nitrogen and oxygen atoms in total. The SMILES string of the molecule is CCn1cc(/C=C2\Oc3c(cc4c(c3C)OCN(Cc3ccc(OC)cc3)C4)C2=O)c2ccccc21. The van der Waals surface area contributed by atoms with Crippen molar-refractivity contribution in [2.75, 3.05) is 13.8 Å². The second kappa shape index (κ2) is 8.88. The molecule has 0 aliphatic carbocycles. The molecule has 3 heterocycles. The van der Waals surface area contributed by atoms with Crippen LogP contribution in [0.5, 0.6) is 17.2 Å². The summed E-state index contributed by atoms with van der Waals surface area (Å²) < 4.78 is 19.8. The number of nitrogens with zero attached hydrogens (tertiary/aromatic N) is 2. The van der Waals surface area contributed by atoms with Gasteiger partial charge in [0, 0.05) is 53.4 Å². The lowest BCUT2D eigenvalue weighted by Crippen LogP contribution is -2.32. The zero-order chi connectivity index (χ0) is 24.8. The molecular formula is C30H28N2O4. The Balaban J connectivity index is 1.29. The molecule has 0 saturated carbocycles. The van der Waals surface area contributed by atoms with Gasteiger partial charge in [-0.3, -0.25) is 9.69 Å². The average molecular weight is 481 g/mol. The van der Waals surface area contributed by atoms with Gasteiger partial charge in [0.05, 0.1) is 12.7 Å². The minimum absolute atomic E-state index is 0.0866. The number of para-hydroxylation sites is 1. The number of ether oxygens (including phenoxy) is 3. The maximum absolute atomic E-state index is 13.4. The van der Waals surface area contributed by atoms with Crippen molar-refractivity contribution in [1.29, 1.82) is 0 Å². The molecule has 0 bridgehead atoms. The first-order valence-electron chi connectivity index (χ1n) is 12.2. The van der Waals surface area contributed by atoms with Crippen LogP contribution in [-0.4, -0.2) is 29.1 Å². The molecule has 0 fully saturated rings. The van der Waals surface area contributed by atoms with Gasteiger partial charge in [-0.2, -0.15) is 0 Å². The number of carbonyl (C=O) groups is 1. The van der Waals surface area contributed by atoms with Crippen LogP contribution in [0.3, 0.4) is 0 Å². The molecule has 0 radical (unpaired) electrons. The fraction of sp³-hybridized carbons (Fsp3) is 0.233. The number of aryl methyl sites for hydroxylation is 1. The standard InChI is InChI=1S/C30H28N2O4/c1-4-32-17-21(24-7-5-6-8-26(24)32)14-27-28(33)25-13-22-16-31(15-20-9-11-23(34-3)12-10-20)18-35-29(22)19(2)30(25)36-27/h5-14,17H,4,15-16,18H2,1-3H3/b27-14-. The molecule has 182 valence electrons. The van der Waals surface area contributed by atoms with Crippen LogP contribution in [0, 0.1) is 6.92 Å². The highest BCUT2D eigenvalue weighted by atomic mass is 16.5. The number of Topliss-reactive ketones (excluding diaryl/α,β-unsaturated/α-hetero) is 1. The van der Waals surface area contributed by atoms with E-state index in [4.69, 9.17) is 14.2 Å². The molecule has 3 aromatic carbocycles. The van der Waals surface area contributed by atoms with Crippen LogP contribution in [0.4, 0.5) is 0 Å². The van der Waals surface area contributed by atoms with E-state index in [1.807, 2.05) is 43.3 Å². The Hall–Kier alpha value is -4.03. The first-order chi connectivity index (χ1) is 17.6. The fourth-order valence-corrected chi connectivity index (χ4v) is 5.18. The number of methoxy groups -OCH3 is 1. The van der Waals surface area contributed by atoms with E-state index >= 15 is 0 Å². The number of benzene rings is 3. The fourth-order valence-electron chi connectivity index (χ4n) is 5.18. The minimum Gasteiger partial charge on any atom is -0.497 e. The summed E-state index contributed by atoms with van der Waals surface area (Å²) in [5.41, 5.74) is 5.79.